The summed E-state index contributed by atoms with van der Waals surface area (Å²) in [6, 6.07) is 2.98. The predicted octanol–water partition coefficient (Wildman–Crippen LogP) is 1.02. The second-order valence-electron chi connectivity index (χ2n) is 3.03. The number of hydrogen-bond donors (Lipinski definition) is 1. The molecule has 0 saturated carbocycles. The normalized spacial score (nSPS) is 10.2. The van der Waals surface area contributed by atoms with E-state index in [-0.39, 0.29) is 5.56 Å². The van der Waals surface area contributed by atoms with Crippen molar-refractivity contribution in [2.45, 2.75) is 32.7 Å². The van der Waals surface area contributed by atoms with Crippen LogP contribution in [0.2, 0.25) is 0 Å². The van der Waals surface area contributed by atoms with Gasteiger partial charge in [0.15, 0.2) is 0 Å². The molecule has 0 fully saturated rings. The fourth-order valence-electron chi connectivity index (χ4n) is 1.14. The molecule has 13 heavy (non-hydrogen) atoms. The number of hydrogen-bond acceptors (Lipinski definition) is 3. The second-order valence-corrected chi connectivity index (χ2v) is 3.03. The van der Waals surface area contributed by atoms with Crippen molar-refractivity contribution in [1.29, 1.82) is 0 Å². The fraction of sp³-hybridized carbons (Fsp3) is 0.556. The summed E-state index contributed by atoms with van der Waals surface area (Å²) in [5, 5.41) is 3.93. The van der Waals surface area contributed by atoms with E-state index in [1.54, 1.807) is 0 Å². The Balaban J connectivity index is 2.65. The van der Waals surface area contributed by atoms with Crippen molar-refractivity contribution in [3.05, 3.63) is 22.5 Å². The first kappa shape index (κ1) is 9.77. The van der Waals surface area contributed by atoms with Crippen LogP contribution in [0.15, 0.2) is 16.9 Å². The van der Waals surface area contributed by atoms with Gasteiger partial charge in [-0.05, 0) is 12.5 Å². The Morgan fingerprint density at radius 1 is 1.46 bits per heavy atom. The zero-order chi connectivity index (χ0) is 9.68. The van der Waals surface area contributed by atoms with Gasteiger partial charge in [-0.25, -0.2) is 4.68 Å². The molecule has 0 saturated heterocycles. The van der Waals surface area contributed by atoms with Gasteiger partial charge >= 0.3 is 0 Å². The monoisotopic (exact) mass is 181 g/mol. The van der Waals surface area contributed by atoms with Crippen LogP contribution in [0.5, 0.6) is 0 Å². The Bertz CT molecular complexity index is 319. The van der Waals surface area contributed by atoms with Crippen molar-refractivity contribution in [3.63, 3.8) is 0 Å². The van der Waals surface area contributed by atoms with Crippen LogP contribution in [0.4, 0.5) is 5.82 Å². The lowest BCUT2D eigenvalue weighted by Crippen LogP contribution is -2.22. The van der Waals surface area contributed by atoms with E-state index in [2.05, 4.69) is 12.0 Å². The average Bonchev–Trinajstić information content (AvgIpc) is 2.11. The molecule has 0 unspecified atom stereocenters. The summed E-state index contributed by atoms with van der Waals surface area (Å²) in [6.45, 7) is 2.78. The summed E-state index contributed by atoms with van der Waals surface area (Å²) in [7, 11) is 0. The Labute approximate surface area is 77.4 Å². The molecular weight excluding hydrogens is 166 g/mol. The van der Waals surface area contributed by atoms with Crippen LogP contribution in [-0.2, 0) is 6.54 Å². The molecule has 0 atom stereocenters. The van der Waals surface area contributed by atoms with Gasteiger partial charge in [0, 0.05) is 12.6 Å². The minimum absolute atomic E-state index is 0.0784. The summed E-state index contributed by atoms with van der Waals surface area (Å²) in [4.78, 5) is 11.2. The summed E-state index contributed by atoms with van der Waals surface area (Å²) in [5.41, 5.74) is 5.38. The number of anilines is 1. The lowest BCUT2D eigenvalue weighted by Gasteiger charge is -2.03. The van der Waals surface area contributed by atoms with Crippen LogP contribution in [0, 0.1) is 0 Å². The van der Waals surface area contributed by atoms with Gasteiger partial charge in [-0.1, -0.05) is 19.8 Å². The smallest absolute Gasteiger partial charge is 0.266 e. The van der Waals surface area contributed by atoms with Crippen LogP contribution in [0.3, 0.4) is 0 Å². The lowest BCUT2D eigenvalue weighted by atomic mass is 10.2. The third-order valence-corrected chi connectivity index (χ3v) is 1.86. The molecule has 0 aromatic carbocycles. The SMILES string of the molecule is CCCCCn1nc(N)ccc1=O. The molecule has 0 aliphatic carbocycles. The molecule has 0 bridgehead atoms. The first-order valence-corrected chi connectivity index (χ1v) is 4.57. The number of nitrogens with zero attached hydrogens (tertiary/aromatic N) is 2. The molecule has 1 aromatic rings. The highest BCUT2D eigenvalue weighted by Gasteiger charge is 1.96. The highest BCUT2D eigenvalue weighted by atomic mass is 16.1. The van der Waals surface area contributed by atoms with Crippen LogP contribution >= 0.6 is 0 Å². The minimum Gasteiger partial charge on any atom is -0.382 e. The van der Waals surface area contributed by atoms with E-state index < -0.39 is 0 Å². The van der Waals surface area contributed by atoms with Crippen molar-refractivity contribution in [2.75, 3.05) is 5.73 Å². The highest BCUT2D eigenvalue weighted by molar-refractivity contribution is 5.23. The van der Waals surface area contributed by atoms with E-state index >= 15 is 0 Å². The van der Waals surface area contributed by atoms with Gasteiger partial charge in [0.1, 0.15) is 5.82 Å². The number of aromatic nitrogens is 2. The molecule has 4 heteroatoms. The molecule has 1 aromatic heterocycles. The minimum atomic E-state index is -0.0784. The van der Waals surface area contributed by atoms with E-state index in [1.165, 1.54) is 16.8 Å². The van der Waals surface area contributed by atoms with Gasteiger partial charge < -0.3 is 5.73 Å². The van der Waals surface area contributed by atoms with E-state index in [0.717, 1.165) is 19.3 Å². The lowest BCUT2D eigenvalue weighted by molar-refractivity contribution is 0.531. The molecule has 72 valence electrons. The van der Waals surface area contributed by atoms with Gasteiger partial charge in [-0.2, -0.15) is 5.10 Å². The van der Waals surface area contributed by atoms with Crippen molar-refractivity contribution in [2.24, 2.45) is 0 Å². The molecular formula is C9H15N3O. The first-order chi connectivity index (χ1) is 6.24. The van der Waals surface area contributed by atoms with Crippen molar-refractivity contribution in [1.82, 2.24) is 9.78 Å². The standard InChI is InChI=1S/C9H15N3O/c1-2-3-4-7-12-9(13)6-5-8(10)11-12/h5-6H,2-4,7H2,1H3,(H2,10,11). The summed E-state index contributed by atoms with van der Waals surface area (Å²) < 4.78 is 1.42. The van der Waals surface area contributed by atoms with E-state index in [9.17, 15) is 4.79 Å². The molecule has 0 radical (unpaired) electrons. The summed E-state index contributed by atoms with van der Waals surface area (Å²) in [5.74, 6) is 0.399. The molecule has 0 spiro atoms. The maximum Gasteiger partial charge on any atom is 0.266 e. The number of rotatable bonds is 4. The zero-order valence-corrected chi connectivity index (χ0v) is 7.86. The van der Waals surface area contributed by atoms with Crippen LogP contribution < -0.4 is 11.3 Å². The highest BCUT2D eigenvalue weighted by Crippen LogP contribution is 1.96. The van der Waals surface area contributed by atoms with E-state index in [1.807, 2.05) is 0 Å². The molecule has 0 amide bonds. The van der Waals surface area contributed by atoms with Crippen molar-refractivity contribution in [3.8, 4) is 0 Å². The maximum atomic E-state index is 11.2. The molecule has 0 aliphatic heterocycles. The Morgan fingerprint density at radius 3 is 2.92 bits per heavy atom. The maximum absolute atomic E-state index is 11.2. The Kier molecular flexibility index (Phi) is 3.49. The number of nitrogen functional groups attached to an aromatic ring is 1. The van der Waals surface area contributed by atoms with Crippen LogP contribution in [0.25, 0.3) is 0 Å². The summed E-state index contributed by atoms with van der Waals surface area (Å²) >= 11 is 0. The molecule has 0 aliphatic rings. The number of nitrogens with two attached hydrogens (primary N) is 1. The zero-order valence-electron chi connectivity index (χ0n) is 7.86. The predicted molar refractivity (Wildman–Crippen MR) is 52.4 cm³/mol. The molecule has 4 nitrogen and oxygen atoms in total. The summed E-state index contributed by atoms with van der Waals surface area (Å²) in [6.07, 6.45) is 3.23. The van der Waals surface area contributed by atoms with Gasteiger partial charge in [-0.3, -0.25) is 4.79 Å². The third-order valence-electron chi connectivity index (χ3n) is 1.86. The van der Waals surface area contributed by atoms with Crippen LogP contribution in [-0.4, -0.2) is 9.78 Å². The first-order valence-electron chi connectivity index (χ1n) is 4.57. The van der Waals surface area contributed by atoms with E-state index in [4.69, 9.17) is 5.73 Å². The van der Waals surface area contributed by atoms with Crippen molar-refractivity contribution >= 4 is 5.82 Å². The van der Waals surface area contributed by atoms with Gasteiger partial charge in [-0.15, -0.1) is 0 Å². The molecule has 1 rings (SSSR count). The average molecular weight is 181 g/mol. The van der Waals surface area contributed by atoms with Crippen LogP contribution in [0.1, 0.15) is 26.2 Å². The topological polar surface area (TPSA) is 60.9 Å². The van der Waals surface area contributed by atoms with Gasteiger partial charge in [0.05, 0.1) is 0 Å². The fourth-order valence-corrected chi connectivity index (χ4v) is 1.14. The van der Waals surface area contributed by atoms with Gasteiger partial charge in [0.25, 0.3) is 5.56 Å². The largest absolute Gasteiger partial charge is 0.382 e. The Hall–Kier alpha value is -1.32. The number of unbranched alkanes of at least 4 members (excludes halogenated alkanes) is 2. The third kappa shape index (κ3) is 2.89. The number of aryl methyl sites for hydroxylation is 1. The Morgan fingerprint density at radius 2 is 2.23 bits per heavy atom. The second kappa shape index (κ2) is 4.64. The molecule has 2 N–H and O–H groups in total. The quantitative estimate of drug-likeness (QED) is 0.705. The van der Waals surface area contributed by atoms with E-state index in [0.29, 0.717) is 12.4 Å². The molecule has 1 heterocycles. The van der Waals surface area contributed by atoms with Gasteiger partial charge in [0.2, 0.25) is 0 Å². The van der Waals surface area contributed by atoms with Crippen molar-refractivity contribution < 1.29 is 0 Å².